The number of rotatable bonds is 10. The van der Waals surface area contributed by atoms with Gasteiger partial charge in [-0.15, -0.1) is 0 Å². The van der Waals surface area contributed by atoms with Gasteiger partial charge in [-0.25, -0.2) is 9.98 Å². The maximum atomic E-state index is 6.44. The Balaban J connectivity index is 1.89. The fourth-order valence-electron chi connectivity index (χ4n) is 4.28. The standard InChI is InChI=1S/C32H43N5/c1-7-9-19-34-31(33)28(22-25(4)27-14-10-13-26(23-27)24(3)12-8-2)35-29-15-11-16-30(36-29)37-20-17-32(5,6)18-21-37/h9-16,19,22-23H,4,7-8,17-18,20-21H2,1-3,5-6H3,(H2,33,34)(H,35,36)/b19-9-,24-12-,28-22+. The van der Waals surface area contributed by atoms with E-state index in [2.05, 4.69) is 92.8 Å². The summed E-state index contributed by atoms with van der Waals surface area (Å²) < 4.78 is 0. The van der Waals surface area contributed by atoms with Crippen molar-refractivity contribution in [3.05, 3.63) is 90.3 Å². The third kappa shape index (κ3) is 8.21. The Kier molecular flexibility index (Phi) is 9.90. The number of benzene rings is 1. The van der Waals surface area contributed by atoms with E-state index in [9.17, 15) is 0 Å². The van der Waals surface area contributed by atoms with Crippen LogP contribution in [-0.2, 0) is 0 Å². The number of aliphatic imine (C=N–C) groups is 1. The summed E-state index contributed by atoms with van der Waals surface area (Å²) in [7, 11) is 0. The van der Waals surface area contributed by atoms with Crippen molar-refractivity contribution in [3.63, 3.8) is 0 Å². The van der Waals surface area contributed by atoms with Crippen LogP contribution in [0.25, 0.3) is 11.1 Å². The Bertz CT molecular complexity index is 1190. The van der Waals surface area contributed by atoms with Gasteiger partial charge in [-0.1, -0.05) is 70.7 Å². The quantitative estimate of drug-likeness (QED) is 0.199. The second-order valence-corrected chi connectivity index (χ2v) is 10.4. The first kappa shape index (κ1) is 28.0. The Morgan fingerprint density at radius 2 is 1.81 bits per heavy atom. The highest BCUT2D eigenvalue weighted by molar-refractivity contribution is 6.02. The average Bonchev–Trinajstić information content (AvgIpc) is 2.88. The predicted octanol–water partition coefficient (Wildman–Crippen LogP) is 7.81. The molecule has 1 fully saturated rings. The van der Waals surface area contributed by atoms with Gasteiger partial charge >= 0.3 is 0 Å². The lowest BCUT2D eigenvalue weighted by atomic mass is 9.83. The number of nitrogens with two attached hydrogens (primary N) is 1. The third-order valence-electron chi connectivity index (χ3n) is 6.79. The van der Waals surface area contributed by atoms with E-state index in [4.69, 9.17) is 10.7 Å². The number of anilines is 2. The summed E-state index contributed by atoms with van der Waals surface area (Å²) in [5, 5.41) is 3.42. The van der Waals surface area contributed by atoms with Gasteiger partial charge in [0, 0.05) is 19.3 Å². The lowest BCUT2D eigenvalue weighted by Gasteiger charge is -2.37. The molecule has 37 heavy (non-hydrogen) atoms. The van der Waals surface area contributed by atoms with Crippen molar-refractivity contribution >= 4 is 28.6 Å². The minimum atomic E-state index is 0.385. The van der Waals surface area contributed by atoms with Crippen molar-refractivity contribution in [3.8, 4) is 0 Å². The SMILES string of the molecule is C=C(\C=C(Nc1cccc(N2CCC(C)(C)CC2)n1)/C(N)=N\C=C/CC)c1cccc(/C(C)=C\CC)c1. The van der Waals surface area contributed by atoms with Crippen LogP contribution < -0.4 is 16.0 Å². The number of nitrogens with zero attached hydrogens (tertiary/aromatic N) is 3. The monoisotopic (exact) mass is 497 g/mol. The van der Waals surface area contributed by atoms with Crippen LogP contribution in [0, 0.1) is 5.41 Å². The molecular formula is C32H43N5. The zero-order valence-corrected chi connectivity index (χ0v) is 23.2. The topological polar surface area (TPSA) is 66.5 Å². The lowest BCUT2D eigenvalue weighted by Crippen LogP contribution is -2.37. The van der Waals surface area contributed by atoms with E-state index >= 15 is 0 Å². The molecule has 1 aromatic heterocycles. The van der Waals surface area contributed by atoms with Crippen LogP contribution in [0.3, 0.4) is 0 Å². The summed E-state index contributed by atoms with van der Waals surface area (Å²) in [6, 6.07) is 14.5. The second-order valence-electron chi connectivity index (χ2n) is 10.4. The number of aromatic nitrogens is 1. The summed E-state index contributed by atoms with van der Waals surface area (Å²) in [6.07, 6.45) is 12.1. The average molecular weight is 498 g/mol. The van der Waals surface area contributed by atoms with E-state index in [1.807, 2.05) is 24.3 Å². The number of pyridine rings is 1. The molecule has 1 saturated heterocycles. The second kappa shape index (κ2) is 13.1. The minimum Gasteiger partial charge on any atom is -0.382 e. The molecule has 2 aromatic rings. The van der Waals surface area contributed by atoms with Crippen LogP contribution in [0.1, 0.15) is 71.4 Å². The summed E-state index contributed by atoms with van der Waals surface area (Å²) in [4.78, 5) is 11.7. The summed E-state index contributed by atoms with van der Waals surface area (Å²) >= 11 is 0. The number of hydrogen-bond donors (Lipinski definition) is 2. The molecule has 0 aliphatic carbocycles. The van der Waals surface area contributed by atoms with Crippen molar-refractivity contribution < 1.29 is 0 Å². The highest BCUT2D eigenvalue weighted by Crippen LogP contribution is 2.32. The zero-order valence-electron chi connectivity index (χ0n) is 23.2. The van der Waals surface area contributed by atoms with E-state index in [0.717, 1.165) is 61.5 Å². The Labute approximate surface area is 223 Å². The highest BCUT2D eigenvalue weighted by atomic mass is 15.2. The number of piperidine rings is 1. The normalized spacial score (nSPS) is 16.8. The predicted molar refractivity (Wildman–Crippen MR) is 162 cm³/mol. The Morgan fingerprint density at radius 1 is 1.11 bits per heavy atom. The van der Waals surface area contributed by atoms with Crippen LogP contribution in [0.15, 0.2) is 84.2 Å². The van der Waals surface area contributed by atoms with E-state index < -0.39 is 0 Å². The van der Waals surface area contributed by atoms with Crippen molar-refractivity contribution in [1.29, 1.82) is 0 Å². The fourth-order valence-corrected chi connectivity index (χ4v) is 4.28. The fraction of sp³-hybridized carbons (Fsp3) is 0.375. The van der Waals surface area contributed by atoms with Gasteiger partial charge in [-0.2, -0.15) is 0 Å². The van der Waals surface area contributed by atoms with Gasteiger partial charge in [0.15, 0.2) is 0 Å². The molecular weight excluding hydrogens is 454 g/mol. The number of nitrogens with one attached hydrogen (secondary N) is 1. The third-order valence-corrected chi connectivity index (χ3v) is 6.79. The molecule has 2 heterocycles. The van der Waals surface area contributed by atoms with Crippen LogP contribution in [0.4, 0.5) is 11.6 Å². The Morgan fingerprint density at radius 3 is 2.51 bits per heavy atom. The van der Waals surface area contributed by atoms with Crippen LogP contribution in [-0.4, -0.2) is 23.9 Å². The zero-order chi connectivity index (χ0) is 26.8. The van der Waals surface area contributed by atoms with Crippen LogP contribution >= 0.6 is 0 Å². The smallest absolute Gasteiger partial charge is 0.147 e. The summed E-state index contributed by atoms with van der Waals surface area (Å²) in [5.41, 5.74) is 11.8. The van der Waals surface area contributed by atoms with Gasteiger partial charge in [0.25, 0.3) is 0 Å². The molecule has 3 rings (SSSR count). The Hall–Kier alpha value is -3.60. The molecule has 5 nitrogen and oxygen atoms in total. The molecule has 0 amide bonds. The molecule has 0 atom stereocenters. The molecule has 0 saturated carbocycles. The molecule has 1 aliphatic rings. The van der Waals surface area contributed by atoms with Crippen molar-refractivity contribution in [2.24, 2.45) is 16.1 Å². The molecule has 0 unspecified atom stereocenters. The van der Waals surface area contributed by atoms with Gasteiger partial charge < -0.3 is 16.0 Å². The van der Waals surface area contributed by atoms with Crippen molar-refractivity contribution in [2.75, 3.05) is 23.3 Å². The molecule has 0 spiro atoms. The van der Waals surface area contributed by atoms with E-state index in [1.165, 1.54) is 11.1 Å². The summed E-state index contributed by atoms with van der Waals surface area (Å²) in [5.74, 6) is 2.09. The minimum absolute atomic E-state index is 0.385. The molecule has 5 heteroatoms. The van der Waals surface area contributed by atoms with Crippen LogP contribution in [0.5, 0.6) is 0 Å². The largest absolute Gasteiger partial charge is 0.382 e. The summed E-state index contributed by atoms with van der Waals surface area (Å²) in [6.45, 7) is 17.4. The number of allylic oxidation sites excluding steroid dienone is 5. The van der Waals surface area contributed by atoms with Gasteiger partial charge in [0.05, 0.1) is 5.70 Å². The number of hydrogen-bond acceptors (Lipinski definition) is 4. The van der Waals surface area contributed by atoms with E-state index in [-0.39, 0.29) is 0 Å². The lowest BCUT2D eigenvalue weighted by molar-refractivity contribution is 0.279. The maximum Gasteiger partial charge on any atom is 0.147 e. The van der Waals surface area contributed by atoms with Crippen molar-refractivity contribution in [2.45, 2.75) is 60.3 Å². The van der Waals surface area contributed by atoms with Crippen molar-refractivity contribution in [1.82, 2.24) is 4.98 Å². The highest BCUT2D eigenvalue weighted by Gasteiger charge is 2.26. The first-order chi connectivity index (χ1) is 17.7. The molecule has 1 aliphatic heterocycles. The van der Waals surface area contributed by atoms with Gasteiger partial charge in [0.1, 0.15) is 17.5 Å². The number of amidine groups is 1. The van der Waals surface area contributed by atoms with Crippen LogP contribution in [0.2, 0.25) is 0 Å². The molecule has 0 radical (unpaired) electrons. The first-order valence-corrected chi connectivity index (χ1v) is 13.4. The van der Waals surface area contributed by atoms with E-state index in [1.54, 1.807) is 6.20 Å². The molecule has 0 bridgehead atoms. The van der Waals surface area contributed by atoms with Gasteiger partial charge in [0.2, 0.25) is 0 Å². The van der Waals surface area contributed by atoms with Gasteiger partial charge in [-0.3, -0.25) is 0 Å². The molecule has 196 valence electrons. The molecule has 3 N–H and O–H groups in total. The molecule has 1 aromatic carbocycles. The van der Waals surface area contributed by atoms with Gasteiger partial charge in [-0.05, 0) is 84.6 Å². The first-order valence-electron chi connectivity index (χ1n) is 13.4. The van der Waals surface area contributed by atoms with E-state index in [0.29, 0.717) is 16.9 Å². The maximum absolute atomic E-state index is 6.44.